The number of nitro groups is 1. The number of benzene rings is 1. The number of nitrogens with one attached hydrogen (secondary N) is 1. The Morgan fingerprint density at radius 2 is 2.00 bits per heavy atom. The predicted molar refractivity (Wildman–Crippen MR) is 74.4 cm³/mol. The van der Waals surface area contributed by atoms with Crippen molar-refractivity contribution in [2.24, 2.45) is 0 Å². The minimum atomic E-state index is -3.79. The van der Waals surface area contributed by atoms with Crippen LogP contribution in [0.2, 0.25) is 0 Å². The van der Waals surface area contributed by atoms with Gasteiger partial charge in [0.05, 0.1) is 9.82 Å². The molecule has 2 N–H and O–H groups in total. The van der Waals surface area contributed by atoms with Crippen LogP contribution in [0.4, 0.5) is 5.69 Å². The molecule has 9 heteroatoms. The molecular weight excluding hydrogens is 300 g/mol. The number of carboxylic acid groups (broad SMARTS) is 1. The maximum Gasteiger partial charge on any atom is 0.303 e. The first-order valence-corrected chi connectivity index (χ1v) is 7.77. The summed E-state index contributed by atoms with van der Waals surface area (Å²) in [7, 11) is -3.79. The first-order chi connectivity index (χ1) is 9.83. The van der Waals surface area contributed by atoms with E-state index >= 15 is 0 Å². The Bertz CT molecular complexity index is 614. The fraction of sp³-hybridized carbons (Fsp3) is 0.417. The van der Waals surface area contributed by atoms with Gasteiger partial charge in [0.2, 0.25) is 10.0 Å². The molecule has 0 saturated heterocycles. The molecule has 0 amide bonds. The number of rotatable bonds is 9. The molecule has 0 aromatic heterocycles. The van der Waals surface area contributed by atoms with Gasteiger partial charge < -0.3 is 5.11 Å². The van der Waals surface area contributed by atoms with Crippen LogP contribution >= 0.6 is 0 Å². The fourth-order valence-corrected chi connectivity index (χ4v) is 2.75. The van der Waals surface area contributed by atoms with E-state index in [-0.39, 0.29) is 23.5 Å². The van der Waals surface area contributed by atoms with Crippen LogP contribution in [0.25, 0.3) is 0 Å². The Kier molecular flexibility index (Phi) is 6.25. The van der Waals surface area contributed by atoms with Crippen molar-refractivity contribution in [3.63, 3.8) is 0 Å². The van der Waals surface area contributed by atoms with Crippen LogP contribution in [-0.2, 0) is 14.8 Å². The molecule has 0 aliphatic heterocycles. The number of hydrogen-bond acceptors (Lipinski definition) is 5. The van der Waals surface area contributed by atoms with Gasteiger partial charge in [0, 0.05) is 25.1 Å². The van der Waals surface area contributed by atoms with Gasteiger partial charge in [0.15, 0.2) is 0 Å². The van der Waals surface area contributed by atoms with Crippen molar-refractivity contribution in [1.82, 2.24) is 4.72 Å². The third kappa shape index (κ3) is 5.88. The van der Waals surface area contributed by atoms with E-state index in [2.05, 4.69) is 4.72 Å². The third-order valence-electron chi connectivity index (χ3n) is 2.70. The van der Waals surface area contributed by atoms with Crippen molar-refractivity contribution in [3.8, 4) is 0 Å². The fourth-order valence-electron chi connectivity index (χ4n) is 1.63. The number of carbonyl (C=O) groups is 1. The van der Waals surface area contributed by atoms with Gasteiger partial charge in [-0.25, -0.2) is 13.1 Å². The maximum absolute atomic E-state index is 11.9. The van der Waals surface area contributed by atoms with Gasteiger partial charge in [-0.05, 0) is 18.9 Å². The monoisotopic (exact) mass is 316 g/mol. The average molecular weight is 316 g/mol. The van der Waals surface area contributed by atoms with Crippen molar-refractivity contribution in [2.75, 3.05) is 6.54 Å². The second-order valence-electron chi connectivity index (χ2n) is 4.36. The van der Waals surface area contributed by atoms with Gasteiger partial charge in [0.25, 0.3) is 5.69 Å². The van der Waals surface area contributed by atoms with E-state index in [0.29, 0.717) is 19.3 Å². The molecule has 0 unspecified atom stereocenters. The van der Waals surface area contributed by atoms with Crippen molar-refractivity contribution in [3.05, 3.63) is 34.4 Å². The zero-order valence-corrected chi connectivity index (χ0v) is 12.0. The van der Waals surface area contributed by atoms with E-state index in [9.17, 15) is 23.3 Å². The largest absolute Gasteiger partial charge is 0.481 e. The molecule has 1 rings (SSSR count). The highest BCUT2D eigenvalue weighted by molar-refractivity contribution is 7.89. The predicted octanol–water partition coefficient (Wildman–Crippen LogP) is 1.52. The second-order valence-corrected chi connectivity index (χ2v) is 6.12. The Hall–Kier alpha value is -2.00. The van der Waals surface area contributed by atoms with Crippen LogP contribution in [0.15, 0.2) is 29.2 Å². The van der Waals surface area contributed by atoms with Crippen molar-refractivity contribution < 1.29 is 23.2 Å². The van der Waals surface area contributed by atoms with Crippen LogP contribution in [0.1, 0.15) is 25.7 Å². The highest BCUT2D eigenvalue weighted by atomic mass is 32.2. The molecule has 21 heavy (non-hydrogen) atoms. The third-order valence-corrected chi connectivity index (χ3v) is 4.16. The molecule has 0 saturated carbocycles. The van der Waals surface area contributed by atoms with Gasteiger partial charge >= 0.3 is 5.97 Å². The summed E-state index contributed by atoms with van der Waals surface area (Å²) in [5, 5.41) is 19.1. The van der Waals surface area contributed by atoms with E-state index in [1.54, 1.807) is 0 Å². The van der Waals surface area contributed by atoms with Gasteiger partial charge in [0.1, 0.15) is 0 Å². The molecule has 1 aromatic rings. The van der Waals surface area contributed by atoms with Crippen molar-refractivity contribution >= 4 is 21.7 Å². The summed E-state index contributed by atoms with van der Waals surface area (Å²) >= 11 is 0. The first kappa shape index (κ1) is 17.1. The number of aliphatic carboxylic acids is 1. The van der Waals surface area contributed by atoms with Crippen LogP contribution < -0.4 is 4.72 Å². The van der Waals surface area contributed by atoms with Gasteiger partial charge in [-0.15, -0.1) is 0 Å². The molecule has 8 nitrogen and oxygen atoms in total. The summed E-state index contributed by atoms with van der Waals surface area (Å²) in [6, 6.07) is 4.79. The Balaban J connectivity index is 2.52. The molecule has 0 atom stereocenters. The number of unbranched alkanes of at least 4 members (excludes halogenated alkanes) is 2. The summed E-state index contributed by atoms with van der Waals surface area (Å²) in [5.41, 5.74) is -0.292. The standard InChI is InChI=1S/C12H16N2O6S/c15-12(16)7-2-1-3-8-13-21(19,20)11-6-4-5-10(9-11)14(17)18/h4-6,9,13H,1-3,7-8H2,(H,15,16). The molecule has 0 bridgehead atoms. The summed E-state index contributed by atoms with van der Waals surface area (Å²) in [6.45, 7) is 0.157. The Labute approximate surface area is 122 Å². The molecule has 0 fully saturated rings. The lowest BCUT2D eigenvalue weighted by atomic mass is 10.2. The van der Waals surface area contributed by atoms with Gasteiger partial charge in [-0.1, -0.05) is 12.5 Å². The number of hydrogen-bond donors (Lipinski definition) is 2. The van der Waals surface area contributed by atoms with Crippen molar-refractivity contribution in [1.29, 1.82) is 0 Å². The van der Waals surface area contributed by atoms with E-state index in [4.69, 9.17) is 5.11 Å². The minimum absolute atomic E-state index is 0.0532. The zero-order valence-electron chi connectivity index (χ0n) is 11.2. The van der Waals surface area contributed by atoms with Crippen molar-refractivity contribution in [2.45, 2.75) is 30.6 Å². The van der Waals surface area contributed by atoms with Crippen LogP contribution in [0, 0.1) is 10.1 Å². The summed E-state index contributed by atoms with van der Waals surface area (Å²) in [6.07, 6.45) is 1.62. The van der Waals surface area contributed by atoms with E-state index < -0.39 is 20.9 Å². The molecule has 0 spiro atoms. The van der Waals surface area contributed by atoms with E-state index in [1.165, 1.54) is 18.2 Å². The van der Waals surface area contributed by atoms with Crippen LogP contribution in [-0.4, -0.2) is 31.0 Å². The van der Waals surface area contributed by atoms with E-state index in [1.807, 2.05) is 0 Å². The smallest absolute Gasteiger partial charge is 0.303 e. The maximum atomic E-state index is 11.9. The normalized spacial score (nSPS) is 11.2. The average Bonchev–Trinajstić information content (AvgIpc) is 2.42. The van der Waals surface area contributed by atoms with Crippen LogP contribution in [0.5, 0.6) is 0 Å². The lowest BCUT2D eigenvalue weighted by Crippen LogP contribution is -2.24. The molecule has 0 heterocycles. The summed E-state index contributed by atoms with van der Waals surface area (Å²) in [4.78, 5) is 20.1. The number of carboxylic acids is 1. The topological polar surface area (TPSA) is 127 Å². The van der Waals surface area contributed by atoms with E-state index in [0.717, 1.165) is 6.07 Å². The SMILES string of the molecule is O=C(O)CCCCCNS(=O)(=O)c1cccc([N+](=O)[O-])c1. The summed E-state index contributed by atoms with van der Waals surface area (Å²) in [5.74, 6) is -0.882. The molecule has 1 aromatic carbocycles. The number of nitrogens with zero attached hydrogens (tertiary/aromatic N) is 1. The van der Waals surface area contributed by atoms with Crippen LogP contribution in [0.3, 0.4) is 0 Å². The number of sulfonamides is 1. The summed E-state index contributed by atoms with van der Waals surface area (Å²) < 4.78 is 26.2. The Morgan fingerprint density at radius 3 is 2.62 bits per heavy atom. The number of nitro benzene ring substituents is 1. The zero-order chi connectivity index (χ0) is 15.9. The first-order valence-electron chi connectivity index (χ1n) is 6.29. The van der Waals surface area contributed by atoms with Gasteiger partial charge in [-0.3, -0.25) is 14.9 Å². The molecule has 0 radical (unpaired) electrons. The lowest BCUT2D eigenvalue weighted by molar-refractivity contribution is -0.385. The molecule has 116 valence electrons. The Morgan fingerprint density at radius 1 is 1.29 bits per heavy atom. The minimum Gasteiger partial charge on any atom is -0.481 e. The number of non-ortho nitro benzene ring substituents is 1. The highest BCUT2D eigenvalue weighted by Crippen LogP contribution is 2.17. The molecular formula is C12H16N2O6S. The molecule has 0 aliphatic rings. The molecule has 0 aliphatic carbocycles. The lowest BCUT2D eigenvalue weighted by Gasteiger charge is -2.06. The second kappa shape index (κ2) is 7.70. The quantitative estimate of drug-likeness (QED) is 0.404. The van der Waals surface area contributed by atoms with Gasteiger partial charge in [-0.2, -0.15) is 0 Å². The highest BCUT2D eigenvalue weighted by Gasteiger charge is 2.16.